The first-order chi connectivity index (χ1) is 11.7. The Morgan fingerprint density at radius 3 is 2.56 bits per heavy atom. The third-order valence-corrected chi connectivity index (χ3v) is 4.39. The van der Waals surface area contributed by atoms with Crippen molar-refractivity contribution < 1.29 is 9.53 Å². The number of aryl methyl sites for hydroxylation is 1. The molecule has 6 heteroatoms. The smallest absolute Gasteiger partial charge is 0.308 e. The lowest BCUT2D eigenvalue weighted by Crippen LogP contribution is -2.46. The van der Waals surface area contributed by atoms with Gasteiger partial charge in [0.2, 0.25) is 0 Å². The molecule has 1 aliphatic heterocycles. The second kappa shape index (κ2) is 12.1. The number of carbonyl (C=O) groups excluding carboxylic acids is 1. The van der Waals surface area contributed by atoms with Crippen LogP contribution < -0.4 is 5.32 Å². The van der Waals surface area contributed by atoms with E-state index in [-0.39, 0.29) is 35.9 Å². The van der Waals surface area contributed by atoms with E-state index in [1.807, 2.05) is 6.07 Å². The van der Waals surface area contributed by atoms with Gasteiger partial charge in [-0.25, -0.2) is 0 Å². The third kappa shape index (κ3) is 7.22. The van der Waals surface area contributed by atoms with Crippen molar-refractivity contribution in [2.45, 2.75) is 32.6 Å². The lowest BCUT2D eigenvalue weighted by atomic mass is 9.97. The van der Waals surface area contributed by atoms with E-state index >= 15 is 0 Å². The molecule has 0 radical (unpaired) electrons. The van der Waals surface area contributed by atoms with Crippen molar-refractivity contribution in [3.05, 3.63) is 35.9 Å². The van der Waals surface area contributed by atoms with Crippen molar-refractivity contribution >= 4 is 35.9 Å². The average Bonchev–Trinajstić information content (AvgIpc) is 2.64. The monoisotopic (exact) mass is 459 g/mol. The van der Waals surface area contributed by atoms with Crippen molar-refractivity contribution in [1.82, 2.24) is 10.2 Å². The fraction of sp³-hybridized carbons (Fsp3) is 0.579. The molecule has 1 N–H and O–H groups in total. The number of benzene rings is 1. The van der Waals surface area contributed by atoms with E-state index in [9.17, 15) is 4.79 Å². The van der Waals surface area contributed by atoms with Crippen molar-refractivity contribution in [3.63, 3.8) is 0 Å². The van der Waals surface area contributed by atoms with Gasteiger partial charge in [-0.1, -0.05) is 30.3 Å². The van der Waals surface area contributed by atoms with Crippen LogP contribution in [0.5, 0.6) is 0 Å². The van der Waals surface area contributed by atoms with E-state index in [4.69, 9.17) is 9.73 Å². The minimum atomic E-state index is -0.0838. The lowest BCUT2D eigenvalue weighted by Gasteiger charge is -2.33. The number of halogens is 1. The van der Waals surface area contributed by atoms with Crippen molar-refractivity contribution in [1.29, 1.82) is 0 Å². The maximum atomic E-state index is 11.6. The number of nitrogens with one attached hydrogen (secondary N) is 1. The van der Waals surface area contributed by atoms with Gasteiger partial charge in [-0.05, 0) is 38.2 Å². The number of guanidine groups is 1. The molecule has 1 aliphatic rings. The summed E-state index contributed by atoms with van der Waals surface area (Å²) >= 11 is 0. The zero-order valence-electron chi connectivity index (χ0n) is 15.2. The minimum Gasteiger partial charge on any atom is -0.469 e. The van der Waals surface area contributed by atoms with Crippen LogP contribution >= 0.6 is 24.0 Å². The highest BCUT2D eigenvalue weighted by Gasteiger charge is 2.26. The predicted molar refractivity (Wildman–Crippen MR) is 112 cm³/mol. The van der Waals surface area contributed by atoms with Gasteiger partial charge in [0.15, 0.2) is 5.96 Å². The van der Waals surface area contributed by atoms with Crippen LogP contribution in [0, 0.1) is 5.92 Å². The molecule has 0 unspecified atom stereocenters. The Labute approximate surface area is 168 Å². The standard InChI is InChI=1S/C19H29N3O2.HI/c1-3-20-19(21-13-7-10-16-8-5-4-6-9-16)22-14-11-17(12-15-22)18(23)24-2;/h4-6,8-9,17H,3,7,10-15H2,1-2H3,(H,20,21);1H. The Hall–Kier alpha value is -1.31. The summed E-state index contributed by atoms with van der Waals surface area (Å²) in [7, 11) is 1.47. The van der Waals surface area contributed by atoms with Gasteiger partial charge in [0.05, 0.1) is 13.0 Å². The van der Waals surface area contributed by atoms with E-state index in [1.165, 1.54) is 12.7 Å². The van der Waals surface area contributed by atoms with E-state index in [0.29, 0.717) is 0 Å². The maximum absolute atomic E-state index is 11.6. The Kier molecular flexibility index (Phi) is 10.5. The summed E-state index contributed by atoms with van der Waals surface area (Å²) in [6, 6.07) is 10.5. The maximum Gasteiger partial charge on any atom is 0.308 e. The minimum absolute atomic E-state index is 0. The molecule has 140 valence electrons. The van der Waals surface area contributed by atoms with Crippen LogP contribution in [0.25, 0.3) is 0 Å². The Morgan fingerprint density at radius 2 is 1.96 bits per heavy atom. The molecule has 0 spiro atoms. The molecular formula is C19H30IN3O2. The number of aliphatic imine (C=N–C) groups is 1. The molecule has 0 aliphatic carbocycles. The second-order valence-electron chi connectivity index (χ2n) is 6.11. The summed E-state index contributed by atoms with van der Waals surface area (Å²) in [5.74, 6) is 0.917. The summed E-state index contributed by atoms with van der Waals surface area (Å²) in [5, 5.41) is 3.37. The van der Waals surface area contributed by atoms with Crippen LogP contribution in [0.1, 0.15) is 31.7 Å². The first-order valence-electron chi connectivity index (χ1n) is 8.89. The highest BCUT2D eigenvalue weighted by molar-refractivity contribution is 14.0. The number of methoxy groups -OCH3 is 1. The fourth-order valence-corrected chi connectivity index (χ4v) is 3.03. The summed E-state index contributed by atoms with van der Waals surface area (Å²) in [5.41, 5.74) is 1.36. The van der Waals surface area contributed by atoms with Gasteiger partial charge < -0.3 is 15.0 Å². The molecule has 0 atom stereocenters. The number of ether oxygens (including phenoxy) is 1. The Bertz CT molecular complexity index is 529. The summed E-state index contributed by atoms with van der Waals surface area (Å²) in [6.07, 6.45) is 3.76. The third-order valence-electron chi connectivity index (χ3n) is 4.39. The molecule has 2 rings (SSSR count). The van der Waals surface area contributed by atoms with Crippen molar-refractivity contribution in [2.75, 3.05) is 33.3 Å². The molecule has 1 fully saturated rings. The summed E-state index contributed by atoms with van der Waals surface area (Å²) in [6.45, 7) is 5.46. The molecular weight excluding hydrogens is 429 g/mol. The molecule has 1 saturated heterocycles. The van der Waals surface area contributed by atoms with Crippen LogP contribution in [0.15, 0.2) is 35.3 Å². The topological polar surface area (TPSA) is 53.9 Å². The molecule has 0 amide bonds. The van der Waals surface area contributed by atoms with E-state index in [1.54, 1.807) is 0 Å². The SMILES string of the molecule is CCNC(=NCCCc1ccccc1)N1CCC(C(=O)OC)CC1.I. The molecule has 1 aromatic rings. The van der Waals surface area contributed by atoms with E-state index in [0.717, 1.165) is 57.8 Å². The van der Waals surface area contributed by atoms with E-state index in [2.05, 4.69) is 41.4 Å². The highest BCUT2D eigenvalue weighted by Crippen LogP contribution is 2.18. The van der Waals surface area contributed by atoms with Crippen LogP contribution in [-0.4, -0.2) is 50.1 Å². The molecule has 1 aromatic carbocycles. The quantitative estimate of drug-likeness (QED) is 0.234. The van der Waals surface area contributed by atoms with Gasteiger partial charge in [-0.15, -0.1) is 24.0 Å². The zero-order valence-corrected chi connectivity index (χ0v) is 17.6. The Morgan fingerprint density at radius 1 is 1.28 bits per heavy atom. The predicted octanol–water partition coefficient (Wildman–Crippen LogP) is 3.09. The molecule has 0 saturated carbocycles. The van der Waals surface area contributed by atoms with Crippen LogP contribution in [0.3, 0.4) is 0 Å². The number of hydrogen-bond acceptors (Lipinski definition) is 3. The van der Waals surface area contributed by atoms with Crippen LogP contribution in [-0.2, 0) is 16.0 Å². The van der Waals surface area contributed by atoms with Crippen molar-refractivity contribution in [3.8, 4) is 0 Å². The van der Waals surface area contributed by atoms with E-state index < -0.39 is 0 Å². The number of nitrogens with zero attached hydrogens (tertiary/aromatic N) is 2. The molecule has 0 aromatic heterocycles. The van der Waals surface area contributed by atoms with Gasteiger partial charge in [-0.3, -0.25) is 9.79 Å². The Balaban J connectivity index is 0.00000312. The normalized spacial score (nSPS) is 15.4. The molecule has 1 heterocycles. The van der Waals surface area contributed by atoms with Gasteiger partial charge in [0.1, 0.15) is 0 Å². The number of rotatable bonds is 6. The van der Waals surface area contributed by atoms with Gasteiger partial charge >= 0.3 is 5.97 Å². The van der Waals surface area contributed by atoms with Gasteiger partial charge in [0, 0.05) is 26.2 Å². The van der Waals surface area contributed by atoms with Crippen LogP contribution in [0.4, 0.5) is 0 Å². The number of piperidine rings is 1. The van der Waals surface area contributed by atoms with Crippen molar-refractivity contribution in [2.24, 2.45) is 10.9 Å². The fourth-order valence-electron chi connectivity index (χ4n) is 3.03. The average molecular weight is 459 g/mol. The summed E-state index contributed by atoms with van der Waals surface area (Å²) < 4.78 is 4.85. The lowest BCUT2D eigenvalue weighted by molar-refractivity contribution is -0.146. The number of esters is 1. The zero-order chi connectivity index (χ0) is 17.2. The number of hydrogen-bond donors (Lipinski definition) is 1. The highest BCUT2D eigenvalue weighted by atomic mass is 127. The van der Waals surface area contributed by atoms with Crippen LogP contribution in [0.2, 0.25) is 0 Å². The summed E-state index contributed by atoms with van der Waals surface area (Å²) in [4.78, 5) is 18.6. The first-order valence-corrected chi connectivity index (χ1v) is 8.89. The molecule has 25 heavy (non-hydrogen) atoms. The molecule has 0 bridgehead atoms. The molecule has 5 nitrogen and oxygen atoms in total. The van der Waals surface area contributed by atoms with Gasteiger partial charge in [-0.2, -0.15) is 0 Å². The number of likely N-dealkylation sites (tertiary alicyclic amines) is 1. The van der Waals surface area contributed by atoms with Gasteiger partial charge in [0.25, 0.3) is 0 Å². The second-order valence-corrected chi connectivity index (χ2v) is 6.11. The first kappa shape index (κ1) is 21.7. The number of carbonyl (C=O) groups is 1. The largest absolute Gasteiger partial charge is 0.469 e.